The number of nitrogens with zero attached hydrogens (tertiary/aromatic N) is 2. The molecule has 189 valence electrons. The molecule has 2 N–H and O–H groups in total. The van der Waals surface area contributed by atoms with Gasteiger partial charge in [-0.25, -0.2) is 9.59 Å². The average molecular weight is 545 g/mol. The van der Waals surface area contributed by atoms with Crippen molar-refractivity contribution >= 4 is 47.3 Å². The number of benzene rings is 2. The van der Waals surface area contributed by atoms with Gasteiger partial charge in [0.1, 0.15) is 0 Å². The zero-order valence-electron chi connectivity index (χ0n) is 18.8. The summed E-state index contributed by atoms with van der Waals surface area (Å²) >= 11 is 0. The van der Waals surface area contributed by atoms with Gasteiger partial charge < -0.3 is 19.0 Å². The third-order valence-corrected chi connectivity index (χ3v) is 4.44. The Bertz CT molecular complexity index is 1310. The summed E-state index contributed by atoms with van der Waals surface area (Å²) in [6.45, 7) is 0. The molecule has 0 atom stereocenters. The van der Waals surface area contributed by atoms with Crippen LogP contribution in [0.5, 0.6) is 0 Å². The third kappa shape index (κ3) is 8.09. The van der Waals surface area contributed by atoms with E-state index in [4.69, 9.17) is 19.0 Å². The van der Waals surface area contributed by atoms with E-state index in [1.54, 1.807) is 36.4 Å². The number of hydrogen-bond acceptors (Lipinski definition) is 8. The van der Waals surface area contributed by atoms with Crippen molar-refractivity contribution in [3.8, 4) is 0 Å². The Kier molecular flexibility index (Phi) is 10.6. The summed E-state index contributed by atoms with van der Waals surface area (Å²) in [4.78, 5) is 52.7. The zero-order valence-corrected chi connectivity index (χ0v) is 19.9. The van der Waals surface area contributed by atoms with Crippen LogP contribution >= 0.6 is 0 Å². The van der Waals surface area contributed by atoms with E-state index in [1.807, 2.05) is 0 Å². The van der Waals surface area contributed by atoms with Gasteiger partial charge in [0.25, 0.3) is 0 Å². The van der Waals surface area contributed by atoms with Crippen LogP contribution in [0.25, 0.3) is 0 Å². The van der Waals surface area contributed by atoms with Crippen molar-refractivity contribution in [1.82, 2.24) is 0 Å². The molecule has 0 amide bonds. The maximum atomic E-state index is 11.6. The largest absolute Gasteiger partial charge is 0.478 e. The first-order chi connectivity index (χ1) is 17.4. The summed E-state index contributed by atoms with van der Waals surface area (Å²) in [7, 11) is 0. The number of carbonyl (C=O) groups excluding carboxylic acids is 2. The third-order valence-electron chi connectivity index (χ3n) is 4.44. The van der Waals surface area contributed by atoms with Crippen LogP contribution in [0.3, 0.4) is 0 Å². The Morgan fingerprint density at radius 1 is 0.595 bits per heavy atom. The minimum Gasteiger partial charge on any atom is -0.478 e. The molecule has 10 nitrogen and oxygen atoms in total. The molecule has 1 radical (unpaired) electrons. The molecule has 0 aliphatic heterocycles. The molecule has 0 saturated heterocycles. The van der Waals surface area contributed by atoms with Gasteiger partial charge in [-0.1, -0.05) is 24.3 Å². The SMILES string of the molecule is O=C(C=Nc1ccccc1C(=O)O)c1ccco1.O=C(C=Nc1ccccc1C(=O)O)c1ccco1.[Co]. The van der Waals surface area contributed by atoms with Crippen molar-refractivity contribution in [3.05, 3.63) is 108 Å². The van der Waals surface area contributed by atoms with Gasteiger partial charge in [0.15, 0.2) is 11.5 Å². The standard InChI is InChI=1S/2C13H9NO4.Co/c2*15-11(12-6-3-7-18-12)8-14-10-5-2-1-4-9(10)13(16)17;/h2*1-8H,(H,16,17);. The monoisotopic (exact) mass is 545 g/mol. The summed E-state index contributed by atoms with van der Waals surface area (Å²) in [6.07, 6.45) is 4.85. The molecule has 0 bridgehead atoms. The molecule has 0 spiro atoms. The number of rotatable bonds is 8. The predicted octanol–water partition coefficient (Wildman–Crippen LogP) is 5.12. The van der Waals surface area contributed by atoms with E-state index in [0.29, 0.717) is 0 Å². The first-order valence-electron chi connectivity index (χ1n) is 10.2. The fourth-order valence-electron chi connectivity index (χ4n) is 2.76. The van der Waals surface area contributed by atoms with Crippen molar-refractivity contribution in [1.29, 1.82) is 0 Å². The molecule has 0 unspecified atom stereocenters. The Hall–Kier alpha value is -4.87. The molecule has 2 aromatic heterocycles. The zero-order chi connectivity index (χ0) is 25.9. The number of furan rings is 2. The van der Waals surface area contributed by atoms with Crippen LogP contribution < -0.4 is 0 Å². The molecule has 0 saturated carbocycles. The van der Waals surface area contributed by atoms with Gasteiger partial charge >= 0.3 is 11.9 Å². The van der Waals surface area contributed by atoms with Crippen molar-refractivity contribution < 1.29 is 55.0 Å². The maximum absolute atomic E-state index is 11.6. The van der Waals surface area contributed by atoms with Crippen molar-refractivity contribution in [2.45, 2.75) is 0 Å². The van der Waals surface area contributed by atoms with Crippen LogP contribution in [0.2, 0.25) is 0 Å². The molecule has 37 heavy (non-hydrogen) atoms. The molecule has 4 rings (SSSR count). The fraction of sp³-hybridized carbons (Fsp3) is 0. The molecule has 2 aromatic carbocycles. The quantitative estimate of drug-likeness (QED) is 0.228. The van der Waals surface area contributed by atoms with Gasteiger partial charge in [0.05, 0.1) is 47.5 Å². The minimum absolute atomic E-state index is 0. The summed E-state index contributed by atoms with van der Waals surface area (Å²) in [5.74, 6) is -2.69. The number of Topliss-reactive ketones (excluding diaryl/α,β-unsaturated/α-hetero) is 2. The maximum Gasteiger partial charge on any atom is 0.337 e. The van der Waals surface area contributed by atoms with Crippen LogP contribution in [0.1, 0.15) is 41.8 Å². The second-order valence-electron chi connectivity index (χ2n) is 6.84. The molecular weight excluding hydrogens is 527 g/mol. The molecular formula is C26H18CoN2O8. The molecule has 0 fully saturated rings. The smallest absolute Gasteiger partial charge is 0.337 e. The van der Waals surface area contributed by atoms with Gasteiger partial charge in [-0.15, -0.1) is 0 Å². The van der Waals surface area contributed by atoms with Gasteiger partial charge in [-0.05, 0) is 48.5 Å². The first-order valence-corrected chi connectivity index (χ1v) is 10.2. The van der Waals surface area contributed by atoms with Crippen molar-refractivity contribution in [3.63, 3.8) is 0 Å². The number of carboxylic acid groups (broad SMARTS) is 2. The van der Waals surface area contributed by atoms with Crippen LogP contribution in [-0.2, 0) is 16.8 Å². The van der Waals surface area contributed by atoms with E-state index in [1.165, 1.54) is 48.9 Å². The number of carbonyl (C=O) groups is 4. The topological polar surface area (TPSA) is 160 Å². The Labute approximate surface area is 220 Å². The van der Waals surface area contributed by atoms with E-state index in [0.717, 1.165) is 12.4 Å². The average Bonchev–Trinajstić information content (AvgIpc) is 3.61. The molecule has 4 aromatic rings. The molecule has 11 heteroatoms. The summed E-state index contributed by atoms with van der Waals surface area (Å²) in [5, 5.41) is 17.9. The number of aromatic carboxylic acids is 2. The van der Waals surface area contributed by atoms with Crippen LogP contribution in [0, 0.1) is 0 Å². The number of hydrogen-bond donors (Lipinski definition) is 2. The van der Waals surface area contributed by atoms with Crippen molar-refractivity contribution in [2.24, 2.45) is 9.98 Å². The summed E-state index contributed by atoms with van der Waals surface area (Å²) < 4.78 is 9.81. The fourth-order valence-corrected chi connectivity index (χ4v) is 2.76. The molecule has 2 heterocycles. The van der Waals surface area contributed by atoms with Gasteiger partial charge in [-0.3, -0.25) is 19.6 Å². The Morgan fingerprint density at radius 3 is 1.30 bits per heavy atom. The summed E-state index contributed by atoms with van der Waals surface area (Å²) in [6, 6.07) is 18.6. The second kappa shape index (κ2) is 13.9. The van der Waals surface area contributed by atoms with E-state index in [2.05, 4.69) is 9.98 Å². The summed E-state index contributed by atoms with van der Waals surface area (Å²) in [5.41, 5.74) is 0.539. The van der Waals surface area contributed by atoms with Crippen LogP contribution in [0.4, 0.5) is 11.4 Å². The Morgan fingerprint density at radius 2 is 0.973 bits per heavy atom. The number of para-hydroxylation sites is 2. The van der Waals surface area contributed by atoms with Gasteiger partial charge in [0, 0.05) is 16.8 Å². The van der Waals surface area contributed by atoms with Gasteiger partial charge in [-0.2, -0.15) is 0 Å². The number of ketones is 2. The number of aliphatic imine (C=N–C) groups is 2. The second-order valence-corrected chi connectivity index (χ2v) is 6.84. The van der Waals surface area contributed by atoms with E-state index < -0.39 is 23.5 Å². The normalized spacial score (nSPS) is 10.4. The minimum atomic E-state index is -1.09. The predicted molar refractivity (Wildman–Crippen MR) is 129 cm³/mol. The number of carboxylic acids is 2. The van der Waals surface area contributed by atoms with E-state index in [-0.39, 0.29) is 50.8 Å². The molecule has 0 aliphatic carbocycles. The van der Waals surface area contributed by atoms with E-state index in [9.17, 15) is 19.2 Å². The first kappa shape index (κ1) is 28.4. The van der Waals surface area contributed by atoms with Crippen LogP contribution in [-0.4, -0.2) is 46.1 Å². The Balaban J connectivity index is 0.000000253. The van der Waals surface area contributed by atoms with E-state index >= 15 is 0 Å². The van der Waals surface area contributed by atoms with Gasteiger partial charge in [0.2, 0.25) is 11.6 Å². The van der Waals surface area contributed by atoms with Crippen molar-refractivity contribution in [2.75, 3.05) is 0 Å². The van der Waals surface area contributed by atoms with Crippen LogP contribution in [0.15, 0.2) is 104 Å². The molecule has 0 aliphatic rings.